The first-order chi connectivity index (χ1) is 16.3. The van der Waals surface area contributed by atoms with Gasteiger partial charge < -0.3 is 5.32 Å². The lowest BCUT2D eigenvalue weighted by Crippen LogP contribution is -2.40. The van der Waals surface area contributed by atoms with Crippen molar-refractivity contribution >= 4 is 33.1 Å². The van der Waals surface area contributed by atoms with Crippen molar-refractivity contribution in [2.24, 2.45) is 10.9 Å². The molecule has 0 saturated carbocycles. The number of aryl methyl sites for hydroxylation is 1. The number of hydrogen-bond acceptors (Lipinski definition) is 6. The molecule has 2 N–H and O–H groups in total. The van der Waals surface area contributed by atoms with Gasteiger partial charge in [0.15, 0.2) is 0 Å². The molecular formula is C25H28N4O3S2. The number of thiazole rings is 1. The Kier molecular flexibility index (Phi) is 7.13. The van der Waals surface area contributed by atoms with Crippen LogP contribution in [0.4, 0.5) is 0 Å². The lowest BCUT2D eigenvalue weighted by molar-refractivity contribution is -0.123. The Morgan fingerprint density at radius 3 is 2.59 bits per heavy atom. The van der Waals surface area contributed by atoms with Crippen LogP contribution in [-0.2, 0) is 21.2 Å². The number of amidine groups is 1. The minimum Gasteiger partial charge on any atom is -0.354 e. The van der Waals surface area contributed by atoms with Gasteiger partial charge in [-0.15, -0.1) is 11.3 Å². The number of aromatic nitrogens is 1. The van der Waals surface area contributed by atoms with Gasteiger partial charge in [-0.2, -0.15) is 0 Å². The second-order valence-electron chi connectivity index (χ2n) is 8.40. The second-order valence-corrected chi connectivity index (χ2v) is 11.1. The number of nitrogens with one attached hydrogen (secondary N) is 2. The van der Waals surface area contributed by atoms with Gasteiger partial charge in [0.25, 0.3) is 10.0 Å². The summed E-state index contributed by atoms with van der Waals surface area (Å²) >= 11 is 1.63. The zero-order valence-corrected chi connectivity index (χ0v) is 21.0. The molecule has 0 spiro atoms. The van der Waals surface area contributed by atoms with Gasteiger partial charge in [-0.1, -0.05) is 56.7 Å². The zero-order valence-electron chi connectivity index (χ0n) is 19.4. The van der Waals surface area contributed by atoms with Crippen LogP contribution in [0, 0.1) is 12.8 Å². The molecule has 2 aromatic carbocycles. The van der Waals surface area contributed by atoms with Crippen LogP contribution >= 0.6 is 11.3 Å². The van der Waals surface area contributed by atoms with Crippen molar-refractivity contribution in [2.45, 2.75) is 44.6 Å². The number of aliphatic imine (C=N–C) groups is 1. The Morgan fingerprint density at radius 1 is 1.18 bits per heavy atom. The molecule has 1 amide bonds. The van der Waals surface area contributed by atoms with E-state index in [0.717, 1.165) is 28.2 Å². The average Bonchev–Trinajstić information content (AvgIpc) is 3.38. The minimum atomic E-state index is -3.65. The molecule has 0 aliphatic carbocycles. The summed E-state index contributed by atoms with van der Waals surface area (Å²) in [5.74, 6) is -0.0328. The number of amides is 1. The van der Waals surface area contributed by atoms with Gasteiger partial charge in [-0.3, -0.25) is 14.5 Å². The second kappa shape index (κ2) is 10.1. The third kappa shape index (κ3) is 5.20. The van der Waals surface area contributed by atoms with Crippen LogP contribution in [0.5, 0.6) is 0 Å². The maximum Gasteiger partial charge on any atom is 0.263 e. The summed E-state index contributed by atoms with van der Waals surface area (Å²) in [6, 6.07) is 14.2. The van der Waals surface area contributed by atoms with E-state index in [9.17, 15) is 13.2 Å². The Labute approximate surface area is 204 Å². The highest BCUT2D eigenvalue weighted by molar-refractivity contribution is 7.90. The van der Waals surface area contributed by atoms with Crippen LogP contribution < -0.4 is 10.0 Å². The van der Waals surface area contributed by atoms with Crippen LogP contribution in [0.15, 0.2) is 63.8 Å². The number of sulfonamides is 1. The van der Waals surface area contributed by atoms with Gasteiger partial charge in [-0.25, -0.2) is 13.4 Å². The van der Waals surface area contributed by atoms with E-state index in [0.29, 0.717) is 18.5 Å². The Hall–Kier alpha value is -3.04. The Balaban J connectivity index is 1.42. The molecule has 34 heavy (non-hydrogen) atoms. The van der Waals surface area contributed by atoms with Crippen LogP contribution in [-0.4, -0.2) is 37.7 Å². The van der Waals surface area contributed by atoms with E-state index in [2.05, 4.69) is 20.0 Å². The standard InChI is InChI=1S/C25H28N4O3S2/c1-4-16(2)23(28-24-20-7-5-6-8-22(20)34(31,32)29-24)25(30)26-14-13-18-9-11-19(12-10-18)21-15-33-17(3)27-21/h5-12,15-16,23H,4,13-14H2,1-3H3,(H,26,30)(H,28,29)/t16-,23-/m0/s1. The number of carbonyl (C=O) groups is 1. The summed E-state index contributed by atoms with van der Waals surface area (Å²) in [7, 11) is -3.65. The smallest absolute Gasteiger partial charge is 0.263 e. The molecule has 9 heteroatoms. The van der Waals surface area contributed by atoms with E-state index in [1.165, 1.54) is 0 Å². The van der Waals surface area contributed by atoms with Crippen molar-refractivity contribution in [3.05, 3.63) is 70.0 Å². The van der Waals surface area contributed by atoms with E-state index in [1.54, 1.807) is 35.6 Å². The third-order valence-corrected chi connectivity index (χ3v) is 8.13. The molecule has 0 fully saturated rings. The van der Waals surface area contributed by atoms with Crippen molar-refractivity contribution in [3.63, 3.8) is 0 Å². The van der Waals surface area contributed by atoms with Crippen LogP contribution in [0.1, 0.15) is 36.4 Å². The monoisotopic (exact) mass is 496 g/mol. The summed E-state index contributed by atoms with van der Waals surface area (Å²) < 4.78 is 27.3. The van der Waals surface area contributed by atoms with Crippen LogP contribution in [0.3, 0.4) is 0 Å². The number of hydrogen-bond donors (Lipinski definition) is 2. The van der Waals surface area contributed by atoms with Gasteiger partial charge in [0.2, 0.25) is 5.91 Å². The molecule has 178 valence electrons. The first-order valence-corrected chi connectivity index (χ1v) is 13.6. The summed E-state index contributed by atoms with van der Waals surface area (Å²) in [5.41, 5.74) is 3.66. The maximum atomic E-state index is 13.0. The Bertz CT molecular complexity index is 1310. The van der Waals surface area contributed by atoms with Crippen LogP contribution in [0.25, 0.3) is 11.3 Å². The summed E-state index contributed by atoms with van der Waals surface area (Å²) in [6.07, 6.45) is 1.42. The van der Waals surface area contributed by atoms with Crippen molar-refractivity contribution < 1.29 is 13.2 Å². The molecule has 1 aromatic heterocycles. The molecule has 7 nitrogen and oxygen atoms in total. The normalized spacial score (nSPS) is 17.1. The molecule has 1 aliphatic heterocycles. The van der Waals surface area contributed by atoms with E-state index in [4.69, 9.17) is 0 Å². The summed E-state index contributed by atoms with van der Waals surface area (Å²) in [5, 5.41) is 6.06. The van der Waals surface area contributed by atoms with E-state index >= 15 is 0 Å². The van der Waals surface area contributed by atoms with E-state index < -0.39 is 16.1 Å². The number of fused-ring (bicyclic) bond motifs is 1. The highest BCUT2D eigenvalue weighted by atomic mass is 32.2. The third-order valence-electron chi connectivity index (χ3n) is 5.96. The van der Waals surface area contributed by atoms with Crippen molar-refractivity contribution in [1.82, 2.24) is 15.0 Å². The highest BCUT2D eigenvalue weighted by Gasteiger charge is 2.33. The topological polar surface area (TPSA) is 101 Å². The van der Waals surface area contributed by atoms with Gasteiger partial charge in [0, 0.05) is 23.1 Å². The molecule has 3 aromatic rings. The average molecular weight is 497 g/mol. The van der Waals surface area contributed by atoms with Crippen molar-refractivity contribution in [3.8, 4) is 11.3 Å². The molecule has 2 heterocycles. The largest absolute Gasteiger partial charge is 0.354 e. The summed E-state index contributed by atoms with van der Waals surface area (Å²) in [4.78, 5) is 22.3. The SMILES string of the molecule is CC[C@H](C)[C@H](N=C1NS(=O)(=O)c2ccccc21)C(=O)NCCc1ccc(-c2csc(C)n2)cc1. The van der Waals surface area contributed by atoms with Gasteiger partial charge in [0.1, 0.15) is 11.9 Å². The zero-order chi connectivity index (χ0) is 24.3. The summed E-state index contributed by atoms with van der Waals surface area (Å²) in [6.45, 7) is 6.39. The first kappa shape index (κ1) is 24.1. The quantitative estimate of drug-likeness (QED) is 0.493. The fourth-order valence-corrected chi connectivity index (χ4v) is 5.67. The predicted octanol–water partition coefficient (Wildman–Crippen LogP) is 3.93. The first-order valence-electron chi connectivity index (χ1n) is 11.3. The van der Waals surface area contributed by atoms with Crippen LogP contribution in [0.2, 0.25) is 0 Å². The van der Waals surface area contributed by atoms with Gasteiger partial charge >= 0.3 is 0 Å². The lowest BCUT2D eigenvalue weighted by Gasteiger charge is -2.19. The van der Waals surface area contributed by atoms with Gasteiger partial charge in [0.05, 0.1) is 15.6 Å². The number of carbonyl (C=O) groups excluding carboxylic acids is 1. The molecule has 4 rings (SSSR count). The fraction of sp³-hybridized carbons (Fsp3) is 0.320. The minimum absolute atomic E-state index is 0.0504. The molecule has 0 saturated heterocycles. The van der Waals surface area contributed by atoms with Gasteiger partial charge in [-0.05, 0) is 37.0 Å². The maximum absolute atomic E-state index is 13.0. The number of rotatable bonds is 8. The van der Waals surface area contributed by atoms with E-state index in [-0.39, 0.29) is 22.6 Å². The fourth-order valence-electron chi connectivity index (χ4n) is 3.81. The number of nitrogens with zero attached hydrogens (tertiary/aromatic N) is 2. The predicted molar refractivity (Wildman–Crippen MR) is 136 cm³/mol. The van der Waals surface area contributed by atoms with Crippen molar-refractivity contribution in [1.29, 1.82) is 0 Å². The highest BCUT2D eigenvalue weighted by Crippen LogP contribution is 2.24. The molecule has 0 bridgehead atoms. The lowest BCUT2D eigenvalue weighted by atomic mass is 9.98. The van der Waals surface area contributed by atoms with E-state index in [1.807, 2.05) is 50.4 Å². The molecular weight excluding hydrogens is 468 g/mol. The Morgan fingerprint density at radius 2 is 1.91 bits per heavy atom. The molecule has 1 aliphatic rings. The molecule has 2 atom stereocenters. The molecule has 0 radical (unpaired) electrons. The number of benzene rings is 2. The van der Waals surface area contributed by atoms with Crippen molar-refractivity contribution in [2.75, 3.05) is 6.54 Å². The molecule has 0 unspecified atom stereocenters.